The normalized spacial score (nSPS) is 14.4. The van der Waals surface area contributed by atoms with Gasteiger partial charge in [-0.05, 0) is 24.3 Å². The molecule has 0 N–H and O–H groups in total. The van der Waals surface area contributed by atoms with Crippen LogP contribution in [-0.2, 0) is 8.87 Å². The van der Waals surface area contributed by atoms with Gasteiger partial charge >= 0.3 is 0 Å². The fraction of sp³-hybridized carbons (Fsp3) is 0. The van der Waals surface area contributed by atoms with Gasteiger partial charge in [0.2, 0.25) is 8.87 Å². The third kappa shape index (κ3) is 2.34. The van der Waals surface area contributed by atoms with Gasteiger partial charge in [0.05, 0.1) is 27.0 Å². The molecule has 1 aliphatic heterocycles. The van der Waals surface area contributed by atoms with Gasteiger partial charge < -0.3 is 0 Å². The summed E-state index contributed by atoms with van der Waals surface area (Å²) >= 11 is 0. The van der Waals surface area contributed by atoms with Crippen molar-refractivity contribution < 1.29 is 18.0 Å². The standard InChI is InChI=1S/C14H9NO4S2/c16-13-11-8-4-5-9-12(11)14(17)15(13)20-21(18,19)10-6-2-1-3-7-10/h1-9H. The highest BCUT2D eigenvalue weighted by atomic mass is 33.1. The number of hydrogen-bond donors (Lipinski definition) is 0. The third-order valence-electron chi connectivity index (χ3n) is 2.96. The number of amides is 2. The van der Waals surface area contributed by atoms with Crippen molar-refractivity contribution in [2.75, 3.05) is 0 Å². The van der Waals surface area contributed by atoms with Crippen LogP contribution in [0.3, 0.4) is 0 Å². The molecule has 7 heteroatoms. The van der Waals surface area contributed by atoms with E-state index in [2.05, 4.69) is 0 Å². The van der Waals surface area contributed by atoms with Gasteiger partial charge in [0, 0.05) is 0 Å². The van der Waals surface area contributed by atoms with E-state index in [1.807, 2.05) is 0 Å². The Morgan fingerprint density at radius 2 is 1.24 bits per heavy atom. The van der Waals surface area contributed by atoms with Gasteiger partial charge in [-0.15, -0.1) is 0 Å². The minimum atomic E-state index is -3.83. The van der Waals surface area contributed by atoms with E-state index in [0.717, 1.165) is 0 Å². The number of fused-ring (bicyclic) bond motifs is 1. The molecule has 1 heterocycles. The highest BCUT2D eigenvalue weighted by molar-refractivity contribution is 8.71. The lowest BCUT2D eigenvalue weighted by atomic mass is 10.1. The van der Waals surface area contributed by atoms with Gasteiger partial charge in [-0.2, -0.15) is 4.31 Å². The van der Waals surface area contributed by atoms with Crippen molar-refractivity contribution in [1.29, 1.82) is 0 Å². The first kappa shape index (κ1) is 13.8. The van der Waals surface area contributed by atoms with Crippen LogP contribution in [0.15, 0.2) is 59.5 Å². The minimum absolute atomic E-state index is 0.0477. The highest BCUT2D eigenvalue weighted by Gasteiger charge is 2.39. The number of nitrogens with zero attached hydrogens (tertiary/aromatic N) is 1. The number of imide groups is 1. The molecule has 2 amide bonds. The van der Waals surface area contributed by atoms with Crippen molar-refractivity contribution in [1.82, 2.24) is 4.31 Å². The SMILES string of the molecule is O=C1c2ccccc2C(=O)N1SS(=O)(=O)c1ccccc1. The second-order valence-corrected chi connectivity index (χ2v) is 7.95. The molecule has 5 nitrogen and oxygen atoms in total. The monoisotopic (exact) mass is 319 g/mol. The van der Waals surface area contributed by atoms with Gasteiger partial charge in [0.25, 0.3) is 11.8 Å². The van der Waals surface area contributed by atoms with Crippen LogP contribution >= 0.6 is 11.0 Å². The zero-order chi connectivity index (χ0) is 15.0. The van der Waals surface area contributed by atoms with Crippen LogP contribution in [0.25, 0.3) is 0 Å². The summed E-state index contributed by atoms with van der Waals surface area (Å²) in [6, 6.07) is 13.9. The lowest BCUT2D eigenvalue weighted by molar-refractivity contribution is 0.0778. The molecule has 1 aliphatic rings. The molecular weight excluding hydrogens is 310 g/mol. The predicted molar refractivity (Wildman–Crippen MR) is 78.2 cm³/mol. The molecule has 0 radical (unpaired) electrons. The lowest BCUT2D eigenvalue weighted by Crippen LogP contribution is -2.24. The Hall–Kier alpha value is -2.12. The van der Waals surface area contributed by atoms with Crippen LogP contribution in [0.2, 0.25) is 0 Å². The largest absolute Gasteiger partial charge is 0.272 e. The van der Waals surface area contributed by atoms with Crippen LogP contribution in [0.1, 0.15) is 20.7 Å². The Morgan fingerprint density at radius 3 is 1.76 bits per heavy atom. The number of carbonyl (C=O) groups excluding carboxylic acids is 2. The van der Waals surface area contributed by atoms with Gasteiger partial charge in [-0.3, -0.25) is 9.59 Å². The molecular formula is C14H9NO4S2. The molecule has 0 atom stereocenters. The fourth-order valence-electron chi connectivity index (χ4n) is 1.96. The average molecular weight is 319 g/mol. The fourth-order valence-corrected chi connectivity index (χ4v) is 4.65. The molecule has 3 rings (SSSR count). The van der Waals surface area contributed by atoms with E-state index in [4.69, 9.17) is 0 Å². The maximum absolute atomic E-state index is 12.2. The summed E-state index contributed by atoms with van der Waals surface area (Å²) in [4.78, 5) is 24.3. The van der Waals surface area contributed by atoms with Crippen LogP contribution in [0.5, 0.6) is 0 Å². The van der Waals surface area contributed by atoms with E-state index in [1.54, 1.807) is 30.3 Å². The molecule has 106 valence electrons. The Bertz CT molecular complexity index is 796. The van der Waals surface area contributed by atoms with E-state index in [0.29, 0.717) is 4.31 Å². The summed E-state index contributed by atoms with van der Waals surface area (Å²) in [6.07, 6.45) is 0. The topological polar surface area (TPSA) is 71.5 Å². The Balaban J connectivity index is 1.94. The Morgan fingerprint density at radius 1 is 0.762 bits per heavy atom. The third-order valence-corrected chi connectivity index (χ3v) is 6.10. The maximum Gasteiger partial charge on any atom is 0.272 e. The molecule has 0 aliphatic carbocycles. The van der Waals surface area contributed by atoms with E-state index < -0.39 is 20.7 Å². The quantitative estimate of drug-likeness (QED) is 0.493. The molecule has 0 fully saturated rings. The van der Waals surface area contributed by atoms with Crippen molar-refractivity contribution in [3.63, 3.8) is 0 Å². The van der Waals surface area contributed by atoms with E-state index in [1.165, 1.54) is 24.3 Å². The van der Waals surface area contributed by atoms with Crippen LogP contribution in [0, 0.1) is 0 Å². The maximum atomic E-state index is 12.2. The number of hydrogen-bond acceptors (Lipinski definition) is 5. The van der Waals surface area contributed by atoms with Crippen LogP contribution in [0.4, 0.5) is 0 Å². The zero-order valence-electron chi connectivity index (χ0n) is 10.6. The second kappa shape index (κ2) is 5.01. The van der Waals surface area contributed by atoms with Crippen molar-refractivity contribution in [2.45, 2.75) is 4.90 Å². The van der Waals surface area contributed by atoms with Crippen molar-refractivity contribution in [2.24, 2.45) is 0 Å². The zero-order valence-corrected chi connectivity index (χ0v) is 12.2. The molecule has 0 aromatic heterocycles. The number of carbonyl (C=O) groups is 2. The molecule has 2 aromatic carbocycles. The molecule has 0 saturated heterocycles. The summed E-state index contributed by atoms with van der Waals surface area (Å²) in [6.45, 7) is 0. The second-order valence-electron chi connectivity index (χ2n) is 4.29. The summed E-state index contributed by atoms with van der Waals surface area (Å²) in [5, 5.41) is 0. The Kier molecular flexibility index (Phi) is 3.30. The van der Waals surface area contributed by atoms with Gasteiger partial charge in [0.1, 0.15) is 0 Å². The lowest BCUT2D eigenvalue weighted by Gasteiger charge is -2.11. The first-order chi connectivity index (χ1) is 10.0. The van der Waals surface area contributed by atoms with E-state index in [9.17, 15) is 18.0 Å². The number of rotatable bonds is 3. The summed E-state index contributed by atoms with van der Waals surface area (Å²) in [7, 11) is -3.58. The highest BCUT2D eigenvalue weighted by Crippen LogP contribution is 2.34. The molecule has 21 heavy (non-hydrogen) atoms. The average Bonchev–Trinajstić information content (AvgIpc) is 2.74. The summed E-state index contributed by atoms with van der Waals surface area (Å²) in [5.41, 5.74) is 0.441. The summed E-state index contributed by atoms with van der Waals surface area (Å²) < 4.78 is 25.2. The molecule has 0 bridgehead atoms. The minimum Gasteiger partial charge on any atom is -0.268 e. The molecule has 0 unspecified atom stereocenters. The van der Waals surface area contributed by atoms with E-state index >= 15 is 0 Å². The van der Waals surface area contributed by atoms with Crippen LogP contribution < -0.4 is 0 Å². The van der Waals surface area contributed by atoms with Crippen molar-refractivity contribution in [3.8, 4) is 0 Å². The smallest absolute Gasteiger partial charge is 0.268 e. The van der Waals surface area contributed by atoms with Crippen LogP contribution in [-0.4, -0.2) is 24.5 Å². The first-order valence-corrected chi connectivity index (χ1v) is 8.75. The predicted octanol–water partition coefficient (Wildman–Crippen LogP) is 2.32. The van der Waals surface area contributed by atoms with E-state index in [-0.39, 0.29) is 27.0 Å². The molecule has 0 spiro atoms. The van der Waals surface area contributed by atoms with Crippen molar-refractivity contribution in [3.05, 3.63) is 65.7 Å². The summed E-state index contributed by atoms with van der Waals surface area (Å²) in [5.74, 6) is -1.22. The molecule has 2 aromatic rings. The molecule has 0 saturated carbocycles. The van der Waals surface area contributed by atoms with Crippen molar-refractivity contribution >= 4 is 31.7 Å². The van der Waals surface area contributed by atoms with Gasteiger partial charge in [-0.25, -0.2) is 8.42 Å². The van der Waals surface area contributed by atoms with Gasteiger partial charge in [0.15, 0.2) is 0 Å². The number of benzene rings is 2. The first-order valence-electron chi connectivity index (χ1n) is 5.98. The van der Waals surface area contributed by atoms with Gasteiger partial charge in [-0.1, -0.05) is 30.3 Å². The Labute approximate surface area is 125 Å².